The van der Waals surface area contributed by atoms with Crippen LogP contribution >= 0.6 is 11.3 Å². The fourth-order valence-corrected chi connectivity index (χ4v) is 5.07. The van der Waals surface area contributed by atoms with Crippen molar-refractivity contribution in [3.63, 3.8) is 0 Å². The second kappa shape index (κ2) is 11.5. The molecule has 1 fully saturated rings. The zero-order valence-corrected chi connectivity index (χ0v) is 21.8. The maximum absolute atomic E-state index is 12.7. The van der Waals surface area contributed by atoms with Gasteiger partial charge in [-0.1, -0.05) is 12.1 Å². The number of piperazine rings is 1. The molecule has 0 aliphatic carbocycles. The molecule has 190 valence electrons. The van der Waals surface area contributed by atoms with Crippen LogP contribution in [-0.4, -0.2) is 59.1 Å². The summed E-state index contributed by atoms with van der Waals surface area (Å²) in [6.45, 7) is 6.59. The highest BCUT2D eigenvalue weighted by Crippen LogP contribution is 2.21. The summed E-state index contributed by atoms with van der Waals surface area (Å²) in [7, 11) is 3.19. The summed E-state index contributed by atoms with van der Waals surface area (Å²) < 4.78 is 8.63. The molecule has 1 aliphatic heterocycles. The summed E-state index contributed by atoms with van der Waals surface area (Å²) in [4.78, 5) is 42.5. The van der Waals surface area contributed by atoms with Crippen LogP contribution in [0.25, 0.3) is 6.08 Å². The van der Waals surface area contributed by atoms with Gasteiger partial charge in [0.05, 0.1) is 12.2 Å². The number of aromatic nitrogens is 2. The molecule has 3 aromatic rings. The maximum Gasteiger partial charge on any atom is 0.332 e. The molecule has 0 unspecified atom stereocenters. The van der Waals surface area contributed by atoms with Crippen molar-refractivity contribution in [2.75, 3.05) is 44.2 Å². The minimum Gasteiger partial charge on any atom is -0.493 e. The largest absolute Gasteiger partial charge is 0.493 e. The molecule has 3 heterocycles. The Morgan fingerprint density at radius 3 is 2.53 bits per heavy atom. The van der Waals surface area contributed by atoms with Gasteiger partial charge >= 0.3 is 5.69 Å². The first kappa shape index (κ1) is 25.7. The second-order valence-corrected chi connectivity index (χ2v) is 9.94. The SMILES string of the molecule is Cc1csc(C=CC(=O)c2ccccc2OCCCN2CCN(c3cc(=O)n(C)c(=O)n3C)CC2)c1. The number of hydrogen-bond acceptors (Lipinski definition) is 7. The summed E-state index contributed by atoms with van der Waals surface area (Å²) in [5.74, 6) is 1.19. The molecule has 1 aromatic carbocycles. The van der Waals surface area contributed by atoms with Crippen LogP contribution in [0.3, 0.4) is 0 Å². The third-order valence-corrected chi connectivity index (χ3v) is 7.39. The summed E-state index contributed by atoms with van der Waals surface area (Å²) in [5, 5.41) is 2.06. The maximum atomic E-state index is 12.7. The molecule has 0 bridgehead atoms. The lowest BCUT2D eigenvalue weighted by atomic mass is 10.1. The van der Waals surface area contributed by atoms with Crippen LogP contribution in [-0.2, 0) is 14.1 Å². The Bertz CT molecular complexity index is 1360. The van der Waals surface area contributed by atoms with Gasteiger partial charge in [-0.05, 0) is 54.6 Å². The smallest absolute Gasteiger partial charge is 0.332 e. The minimum absolute atomic E-state index is 0.0714. The molecular formula is C27H32N4O4S. The predicted molar refractivity (Wildman–Crippen MR) is 145 cm³/mol. The Morgan fingerprint density at radius 2 is 1.81 bits per heavy atom. The zero-order chi connectivity index (χ0) is 25.7. The first-order chi connectivity index (χ1) is 17.3. The molecule has 8 nitrogen and oxygen atoms in total. The molecule has 0 saturated carbocycles. The number of nitrogens with zero attached hydrogens (tertiary/aromatic N) is 4. The molecule has 0 amide bonds. The van der Waals surface area contributed by atoms with Crippen molar-refractivity contribution >= 4 is 29.0 Å². The van der Waals surface area contributed by atoms with E-state index >= 15 is 0 Å². The number of carbonyl (C=O) groups excluding carboxylic acids is 1. The lowest BCUT2D eigenvalue weighted by Crippen LogP contribution is -2.49. The van der Waals surface area contributed by atoms with E-state index in [1.165, 1.54) is 23.2 Å². The summed E-state index contributed by atoms with van der Waals surface area (Å²) in [6, 6.07) is 10.9. The predicted octanol–water partition coefficient (Wildman–Crippen LogP) is 2.94. The summed E-state index contributed by atoms with van der Waals surface area (Å²) in [6.07, 6.45) is 4.28. The van der Waals surface area contributed by atoms with Crippen LogP contribution < -0.4 is 20.9 Å². The van der Waals surface area contributed by atoms with E-state index in [1.807, 2.05) is 31.2 Å². The van der Waals surface area contributed by atoms with Gasteiger partial charge in [0.1, 0.15) is 11.6 Å². The average Bonchev–Trinajstić information content (AvgIpc) is 3.31. The third-order valence-electron chi connectivity index (χ3n) is 6.38. The first-order valence-electron chi connectivity index (χ1n) is 12.1. The van der Waals surface area contributed by atoms with Crippen molar-refractivity contribution in [1.82, 2.24) is 14.0 Å². The van der Waals surface area contributed by atoms with Gasteiger partial charge in [0.25, 0.3) is 5.56 Å². The van der Waals surface area contributed by atoms with Crippen molar-refractivity contribution in [2.24, 2.45) is 14.1 Å². The van der Waals surface area contributed by atoms with Crippen LogP contribution in [0.15, 0.2) is 57.4 Å². The van der Waals surface area contributed by atoms with Crippen LogP contribution in [0.1, 0.15) is 27.2 Å². The van der Waals surface area contributed by atoms with Gasteiger partial charge in [0, 0.05) is 57.8 Å². The fraction of sp³-hybridized carbons (Fsp3) is 0.370. The molecule has 4 rings (SSSR count). The van der Waals surface area contributed by atoms with E-state index < -0.39 is 0 Å². The topological polar surface area (TPSA) is 76.8 Å². The van der Waals surface area contributed by atoms with Gasteiger partial charge in [-0.2, -0.15) is 0 Å². The quantitative estimate of drug-likeness (QED) is 0.251. The third kappa shape index (κ3) is 6.03. The van der Waals surface area contributed by atoms with Crippen molar-refractivity contribution in [3.05, 3.63) is 84.7 Å². The van der Waals surface area contributed by atoms with Gasteiger partial charge in [-0.25, -0.2) is 4.79 Å². The number of allylic oxidation sites excluding steroid dienone is 1. The van der Waals surface area contributed by atoms with Gasteiger partial charge in [0.15, 0.2) is 5.78 Å². The number of rotatable bonds is 9. The van der Waals surface area contributed by atoms with Gasteiger partial charge < -0.3 is 9.64 Å². The Balaban J connectivity index is 1.26. The van der Waals surface area contributed by atoms with Crippen molar-refractivity contribution in [1.29, 1.82) is 0 Å². The molecule has 0 atom stereocenters. The highest BCUT2D eigenvalue weighted by molar-refractivity contribution is 7.11. The molecule has 9 heteroatoms. The summed E-state index contributed by atoms with van der Waals surface area (Å²) in [5.41, 5.74) is 1.15. The Morgan fingerprint density at radius 1 is 1.06 bits per heavy atom. The molecule has 2 aromatic heterocycles. The molecule has 0 radical (unpaired) electrons. The van der Waals surface area contributed by atoms with Crippen LogP contribution in [0.5, 0.6) is 5.75 Å². The normalized spacial score (nSPS) is 14.5. The first-order valence-corrected chi connectivity index (χ1v) is 12.9. The van der Waals surface area contributed by atoms with Gasteiger partial charge in [-0.3, -0.25) is 23.6 Å². The van der Waals surface area contributed by atoms with Crippen LogP contribution in [0.4, 0.5) is 5.82 Å². The molecule has 0 N–H and O–H groups in total. The van der Waals surface area contributed by atoms with Crippen molar-refractivity contribution < 1.29 is 9.53 Å². The van der Waals surface area contributed by atoms with E-state index in [9.17, 15) is 14.4 Å². The summed E-state index contributed by atoms with van der Waals surface area (Å²) >= 11 is 1.61. The Kier molecular flexibility index (Phi) is 8.22. The monoisotopic (exact) mass is 508 g/mol. The van der Waals surface area contributed by atoms with Crippen molar-refractivity contribution in [3.8, 4) is 5.75 Å². The Hall–Kier alpha value is -3.43. The standard InChI is InChI=1S/C27H32N4O4S/c1-20-17-21(36-19-20)9-10-23(32)22-7-4-5-8-24(22)35-16-6-11-30-12-14-31(15-13-30)25-18-26(33)29(3)27(34)28(25)2/h4-5,7-10,17-19H,6,11-16H2,1-3H3. The number of benzene rings is 1. The van der Waals surface area contributed by atoms with Gasteiger partial charge in [0.2, 0.25) is 0 Å². The van der Waals surface area contributed by atoms with Crippen LogP contribution in [0, 0.1) is 6.92 Å². The molecular weight excluding hydrogens is 476 g/mol. The highest BCUT2D eigenvalue weighted by atomic mass is 32.1. The van der Waals surface area contributed by atoms with E-state index in [4.69, 9.17) is 4.74 Å². The second-order valence-electron chi connectivity index (χ2n) is 8.99. The lowest BCUT2D eigenvalue weighted by Gasteiger charge is -2.36. The number of hydrogen-bond donors (Lipinski definition) is 0. The van der Waals surface area contributed by atoms with Crippen LogP contribution in [0.2, 0.25) is 0 Å². The number of carbonyl (C=O) groups is 1. The number of anilines is 1. The zero-order valence-electron chi connectivity index (χ0n) is 21.0. The van der Waals surface area contributed by atoms with E-state index in [-0.39, 0.29) is 17.0 Å². The number of ether oxygens (including phenoxy) is 1. The van der Waals surface area contributed by atoms with E-state index in [1.54, 1.807) is 30.5 Å². The van der Waals surface area contributed by atoms with E-state index in [2.05, 4.69) is 21.2 Å². The molecule has 1 aliphatic rings. The highest BCUT2D eigenvalue weighted by Gasteiger charge is 2.20. The molecule has 0 spiro atoms. The average molecular weight is 509 g/mol. The Labute approximate surface area is 214 Å². The fourth-order valence-electron chi connectivity index (χ4n) is 4.28. The number of aryl methyl sites for hydroxylation is 1. The van der Waals surface area contributed by atoms with E-state index in [0.717, 1.165) is 48.6 Å². The molecule has 1 saturated heterocycles. The van der Waals surface area contributed by atoms with Gasteiger partial charge in [-0.15, -0.1) is 11.3 Å². The minimum atomic E-state index is -0.312. The van der Waals surface area contributed by atoms with E-state index in [0.29, 0.717) is 23.7 Å². The van der Waals surface area contributed by atoms with Crippen molar-refractivity contribution in [2.45, 2.75) is 13.3 Å². The lowest BCUT2D eigenvalue weighted by molar-refractivity contribution is 0.104. The molecule has 36 heavy (non-hydrogen) atoms. The number of ketones is 1. The number of para-hydroxylation sites is 1. The number of thiophene rings is 1.